The van der Waals surface area contributed by atoms with Crippen LogP contribution in [0.2, 0.25) is 0 Å². The molecule has 2 nitrogen and oxygen atoms in total. The smallest absolute Gasteiger partial charge is 0.157 e. The monoisotopic (exact) mass is 304 g/mol. The van der Waals surface area contributed by atoms with Crippen molar-refractivity contribution in [2.75, 3.05) is 19.1 Å². The summed E-state index contributed by atoms with van der Waals surface area (Å²) in [5.74, 6) is 0.827. The van der Waals surface area contributed by atoms with Crippen molar-refractivity contribution in [2.45, 2.75) is 89.8 Å². The highest BCUT2D eigenvalue weighted by atomic mass is 35.5. The molecule has 0 amide bonds. The van der Waals surface area contributed by atoms with Crippen LogP contribution in [0.1, 0.15) is 83.5 Å². The molecule has 0 saturated carbocycles. The van der Waals surface area contributed by atoms with Gasteiger partial charge in [0, 0.05) is 19.1 Å². The topological polar surface area (TPSA) is 18.5 Å². The van der Waals surface area contributed by atoms with Gasteiger partial charge >= 0.3 is 0 Å². The molecule has 0 aromatic rings. The fourth-order valence-corrected chi connectivity index (χ4v) is 2.86. The van der Waals surface area contributed by atoms with Gasteiger partial charge in [0.05, 0.1) is 0 Å². The van der Waals surface area contributed by atoms with Crippen molar-refractivity contribution >= 4 is 11.6 Å². The zero-order valence-corrected chi connectivity index (χ0v) is 13.8. The predicted molar refractivity (Wildman–Crippen MR) is 86.4 cm³/mol. The summed E-state index contributed by atoms with van der Waals surface area (Å²) < 4.78 is 11.3. The van der Waals surface area contributed by atoms with Gasteiger partial charge in [0.2, 0.25) is 0 Å². The fraction of sp³-hybridized carbons (Fsp3) is 1.00. The molecular formula is C17H33ClO2. The first-order valence-electron chi connectivity index (χ1n) is 8.72. The zero-order valence-electron chi connectivity index (χ0n) is 13.1. The second-order valence-corrected chi connectivity index (χ2v) is 6.27. The van der Waals surface area contributed by atoms with Gasteiger partial charge in [-0.25, -0.2) is 0 Å². The molecule has 1 saturated heterocycles. The Bertz CT molecular complexity index is 193. The Kier molecular flexibility index (Phi) is 12.9. The van der Waals surface area contributed by atoms with Crippen LogP contribution in [0.15, 0.2) is 0 Å². The molecule has 1 aliphatic rings. The lowest BCUT2D eigenvalue weighted by Gasteiger charge is -2.22. The zero-order chi connectivity index (χ0) is 14.3. The summed E-state index contributed by atoms with van der Waals surface area (Å²) in [5, 5.41) is 0. The van der Waals surface area contributed by atoms with Crippen LogP contribution in [0.5, 0.6) is 0 Å². The average molecular weight is 305 g/mol. The highest BCUT2D eigenvalue weighted by Gasteiger charge is 2.13. The summed E-state index contributed by atoms with van der Waals surface area (Å²) in [6.07, 6.45) is 16.9. The molecule has 0 aromatic heterocycles. The van der Waals surface area contributed by atoms with Gasteiger partial charge in [-0.15, -0.1) is 11.6 Å². The van der Waals surface area contributed by atoms with E-state index in [0.29, 0.717) is 0 Å². The predicted octanol–water partition coefficient (Wildman–Crippen LogP) is 5.67. The molecule has 120 valence electrons. The summed E-state index contributed by atoms with van der Waals surface area (Å²) >= 11 is 5.66. The van der Waals surface area contributed by atoms with E-state index < -0.39 is 0 Å². The molecule has 1 fully saturated rings. The average Bonchev–Trinajstić information content (AvgIpc) is 2.49. The first kappa shape index (κ1) is 18.3. The van der Waals surface area contributed by atoms with Crippen molar-refractivity contribution in [3.05, 3.63) is 0 Å². The molecular weight excluding hydrogens is 272 g/mol. The normalized spacial score (nSPS) is 19.4. The summed E-state index contributed by atoms with van der Waals surface area (Å²) in [5.41, 5.74) is 0. The lowest BCUT2D eigenvalue weighted by Crippen LogP contribution is -2.22. The number of hydrogen-bond donors (Lipinski definition) is 0. The van der Waals surface area contributed by atoms with Gasteiger partial charge in [-0.3, -0.25) is 0 Å². The molecule has 3 heteroatoms. The van der Waals surface area contributed by atoms with E-state index in [-0.39, 0.29) is 6.29 Å². The van der Waals surface area contributed by atoms with Crippen LogP contribution in [0, 0.1) is 0 Å². The second-order valence-electron chi connectivity index (χ2n) is 5.89. The molecule has 1 aliphatic heterocycles. The first-order chi connectivity index (χ1) is 9.93. The Morgan fingerprint density at radius 3 is 1.95 bits per heavy atom. The van der Waals surface area contributed by atoms with Gasteiger partial charge in [0.1, 0.15) is 0 Å². The number of rotatable bonds is 13. The van der Waals surface area contributed by atoms with Crippen LogP contribution in [-0.4, -0.2) is 25.4 Å². The molecule has 0 bridgehead atoms. The lowest BCUT2D eigenvalue weighted by atomic mass is 10.1. The third-order valence-corrected chi connectivity index (χ3v) is 4.24. The Labute approximate surface area is 130 Å². The number of alkyl halides is 1. The van der Waals surface area contributed by atoms with Crippen molar-refractivity contribution in [3.8, 4) is 0 Å². The molecule has 1 unspecified atom stereocenters. The van der Waals surface area contributed by atoms with E-state index in [9.17, 15) is 0 Å². The third kappa shape index (κ3) is 10.9. The van der Waals surface area contributed by atoms with Crippen molar-refractivity contribution in [2.24, 2.45) is 0 Å². The Balaban J connectivity index is 1.70. The summed E-state index contributed by atoms with van der Waals surface area (Å²) in [7, 11) is 0. The maximum atomic E-state index is 5.73. The Hall–Kier alpha value is 0.210. The largest absolute Gasteiger partial charge is 0.353 e. The Morgan fingerprint density at radius 2 is 1.40 bits per heavy atom. The molecule has 1 atom stereocenters. The van der Waals surface area contributed by atoms with Gasteiger partial charge < -0.3 is 9.47 Å². The fourth-order valence-electron chi connectivity index (χ4n) is 2.67. The summed E-state index contributed by atoms with van der Waals surface area (Å²) in [6, 6.07) is 0. The molecule has 20 heavy (non-hydrogen) atoms. The number of ether oxygens (including phenoxy) is 2. The molecule has 0 aliphatic carbocycles. The molecule has 1 heterocycles. The minimum Gasteiger partial charge on any atom is -0.353 e. The van der Waals surface area contributed by atoms with Crippen LogP contribution < -0.4 is 0 Å². The third-order valence-electron chi connectivity index (χ3n) is 3.97. The highest BCUT2D eigenvalue weighted by Crippen LogP contribution is 2.15. The first-order valence-corrected chi connectivity index (χ1v) is 9.26. The maximum absolute atomic E-state index is 5.73. The van der Waals surface area contributed by atoms with Gasteiger partial charge in [-0.05, 0) is 32.1 Å². The van der Waals surface area contributed by atoms with Gasteiger partial charge in [0.15, 0.2) is 6.29 Å². The van der Waals surface area contributed by atoms with Gasteiger partial charge in [-0.1, -0.05) is 51.4 Å². The van der Waals surface area contributed by atoms with E-state index in [1.54, 1.807) is 0 Å². The lowest BCUT2D eigenvalue weighted by molar-refractivity contribution is -0.162. The quantitative estimate of drug-likeness (QED) is 0.322. The van der Waals surface area contributed by atoms with E-state index >= 15 is 0 Å². The van der Waals surface area contributed by atoms with Crippen molar-refractivity contribution in [1.82, 2.24) is 0 Å². The van der Waals surface area contributed by atoms with E-state index in [1.807, 2.05) is 0 Å². The van der Waals surface area contributed by atoms with E-state index in [2.05, 4.69) is 0 Å². The van der Waals surface area contributed by atoms with Crippen LogP contribution in [0.25, 0.3) is 0 Å². The van der Waals surface area contributed by atoms with Crippen LogP contribution in [-0.2, 0) is 9.47 Å². The molecule has 0 radical (unpaired) electrons. The SMILES string of the molecule is ClCCCCCCCCCCCCOC1CCCCO1. The highest BCUT2D eigenvalue weighted by molar-refractivity contribution is 6.17. The molecule has 0 aromatic carbocycles. The van der Waals surface area contributed by atoms with Crippen molar-refractivity contribution in [1.29, 1.82) is 0 Å². The number of unbranched alkanes of at least 4 members (excludes halogenated alkanes) is 9. The summed E-state index contributed by atoms with van der Waals surface area (Å²) in [4.78, 5) is 0. The maximum Gasteiger partial charge on any atom is 0.157 e. The van der Waals surface area contributed by atoms with Crippen LogP contribution in [0.4, 0.5) is 0 Å². The molecule has 1 rings (SSSR count). The van der Waals surface area contributed by atoms with E-state index in [0.717, 1.165) is 25.5 Å². The van der Waals surface area contributed by atoms with Crippen molar-refractivity contribution in [3.63, 3.8) is 0 Å². The number of hydrogen-bond acceptors (Lipinski definition) is 2. The van der Waals surface area contributed by atoms with Crippen molar-refractivity contribution < 1.29 is 9.47 Å². The van der Waals surface area contributed by atoms with Crippen LogP contribution in [0.3, 0.4) is 0 Å². The van der Waals surface area contributed by atoms with Gasteiger partial charge in [-0.2, -0.15) is 0 Å². The standard InChI is InChI=1S/C17H33ClO2/c18-14-10-7-5-3-1-2-4-6-8-11-15-19-17-13-9-12-16-20-17/h17H,1-16H2. The summed E-state index contributed by atoms with van der Waals surface area (Å²) in [6.45, 7) is 1.76. The second kappa shape index (κ2) is 14.2. The Morgan fingerprint density at radius 1 is 0.800 bits per heavy atom. The molecule has 0 spiro atoms. The minimum atomic E-state index is 0.0942. The molecule has 0 N–H and O–H groups in total. The van der Waals surface area contributed by atoms with E-state index in [1.165, 1.54) is 77.0 Å². The van der Waals surface area contributed by atoms with E-state index in [4.69, 9.17) is 21.1 Å². The van der Waals surface area contributed by atoms with Gasteiger partial charge in [0.25, 0.3) is 0 Å². The number of halogens is 1. The van der Waals surface area contributed by atoms with Crippen LogP contribution >= 0.6 is 11.6 Å². The minimum absolute atomic E-state index is 0.0942.